The molecule has 1 aromatic carbocycles. The quantitative estimate of drug-likeness (QED) is 0.871. The second kappa shape index (κ2) is 6.47. The summed E-state index contributed by atoms with van der Waals surface area (Å²) in [5.74, 6) is -0.509. The number of nitrogens with zero attached hydrogens (tertiary/aromatic N) is 1. The molecule has 1 aromatic rings. The zero-order chi connectivity index (χ0) is 13.7. The van der Waals surface area contributed by atoms with Crippen molar-refractivity contribution >= 4 is 40.9 Å². The fourth-order valence-corrected chi connectivity index (χ4v) is 1.47. The Morgan fingerprint density at radius 3 is 2.67 bits per heavy atom. The minimum absolute atomic E-state index is 0.152. The summed E-state index contributed by atoms with van der Waals surface area (Å²) < 4.78 is 4.46. The van der Waals surface area contributed by atoms with Crippen LogP contribution in [-0.4, -0.2) is 37.6 Å². The van der Waals surface area contributed by atoms with E-state index in [1.165, 1.54) is 25.1 Å². The standard InChI is InChI=1S/C11H12Cl2N2O3/c1-15(6-10(16)18-2)11(17)14-9-5-7(12)3-4-8(9)13/h3-5H,6H2,1-2H3,(H,14,17). The number of benzene rings is 1. The summed E-state index contributed by atoms with van der Waals surface area (Å²) in [7, 11) is 2.71. The number of amides is 2. The van der Waals surface area contributed by atoms with Crippen LogP contribution in [0.15, 0.2) is 18.2 Å². The molecule has 0 fully saturated rings. The third-order valence-electron chi connectivity index (χ3n) is 2.11. The van der Waals surface area contributed by atoms with E-state index < -0.39 is 12.0 Å². The van der Waals surface area contributed by atoms with E-state index in [9.17, 15) is 9.59 Å². The van der Waals surface area contributed by atoms with Crippen molar-refractivity contribution in [3.05, 3.63) is 28.2 Å². The van der Waals surface area contributed by atoms with Gasteiger partial charge in [0.2, 0.25) is 0 Å². The normalized spacial score (nSPS) is 9.78. The highest BCUT2D eigenvalue weighted by Crippen LogP contribution is 2.25. The van der Waals surface area contributed by atoms with Gasteiger partial charge in [0.25, 0.3) is 0 Å². The molecule has 0 saturated carbocycles. The number of urea groups is 1. The van der Waals surface area contributed by atoms with Crippen LogP contribution in [0.1, 0.15) is 0 Å². The minimum atomic E-state index is -0.509. The zero-order valence-electron chi connectivity index (χ0n) is 9.87. The number of rotatable bonds is 3. The van der Waals surface area contributed by atoms with Crippen LogP contribution in [0.5, 0.6) is 0 Å². The number of likely N-dealkylation sites (N-methyl/N-ethyl adjacent to an activating group) is 1. The van der Waals surface area contributed by atoms with Gasteiger partial charge >= 0.3 is 12.0 Å². The molecule has 0 bridgehead atoms. The van der Waals surface area contributed by atoms with Gasteiger partial charge in [-0.25, -0.2) is 4.79 Å². The van der Waals surface area contributed by atoms with Crippen LogP contribution in [0.3, 0.4) is 0 Å². The molecule has 98 valence electrons. The molecule has 0 spiro atoms. The number of methoxy groups -OCH3 is 1. The first kappa shape index (κ1) is 14.6. The molecule has 0 radical (unpaired) electrons. The summed E-state index contributed by atoms with van der Waals surface area (Å²) >= 11 is 11.7. The molecule has 0 heterocycles. The fraction of sp³-hybridized carbons (Fsp3) is 0.273. The van der Waals surface area contributed by atoms with Crippen LogP contribution in [0.25, 0.3) is 0 Å². The number of nitrogens with one attached hydrogen (secondary N) is 1. The summed E-state index contributed by atoms with van der Waals surface area (Å²) in [6.45, 7) is -0.152. The monoisotopic (exact) mass is 290 g/mol. The molecule has 1 rings (SSSR count). The third kappa shape index (κ3) is 4.09. The van der Waals surface area contributed by atoms with Gasteiger partial charge in [0, 0.05) is 12.1 Å². The van der Waals surface area contributed by atoms with Crippen LogP contribution in [0.2, 0.25) is 10.0 Å². The summed E-state index contributed by atoms with van der Waals surface area (Å²) in [6, 6.07) is 4.22. The van der Waals surface area contributed by atoms with Gasteiger partial charge in [-0.1, -0.05) is 23.2 Å². The number of anilines is 1. The Morgan fingerprint density at radius 1 is 1.39 bits per heavy atom. The first-order valence-electron chi connectivity index (χ1n) is 4.98. The molecule has 0 aliphatic heterocycles. The maximum absolute atomic E-state index is 11.7. The van der Waals surface area contributed by atoms with Gasteiger partial charge in [0.05, 0.1) is 17.8 Å². The molecule has 0 saturated heterocycles. The number of carbonyl (C=O) groups is 2. The highest BCUT2D eigenvalue weighted by atomic mass is 35.5. The van der Waals surface area contributed by atoms with Gasteiger partial charge in [-0.2, -0.15) is 0 Å². The maximum atomic E-state index is 11.7. The van der Waals surface area contributed by atoms with E-state index in [1.54, 1.807) is 12.1 Å². The van der Waals surface area contributed by atoms with E-state index in [1.807, 2.05) is 0 Å². The minimum Gasteiger partial charge on any atom is -0.468 e. The largest absolute Gasteiger partial charge is 0.468 e. The lowest BCUT2D eigenvalue weighted by molar-refractivity contribution is -0.140. The van der Waals surface area contributed by atoms with Gasteiger partial charge in [-0.05, 0) is 18.2 Å². The van der Waals surface area contributed by atoms with Gasteiger partial charge in [-0.15, -0.1) is 0 Å². The summed E-state index contributed by atoms with van der Waals surface area (Å²) in [6.07, 6.45) is 0. The van der Waals surface area contributed by atoms with E-state index in [2.05, 4.69) is 10.1 Å². The number of esters is 1. The van der Waals surface area contributed by atoms with Gasteiger partial charge in [0.15, 0.2) is 0 Å². The van der Waals surface area contributed by atoms with E-state index in [0.717, 1.165) is 0 Å². The smallest absolute Gasteiger partial charge is 0.325 e. The Hall–Kier alpha value is -1.46. The highest BCUT2D eigenvalue weighted by Gasteiger charge is 2.14. The van der Waals surface area contributed by atoms with Crippen molar-refractivity contribution in [3.63, 3.8) is 0 Å². The molecule has 0 atom stereocenters. The van der Waals surface area contributed by atoms with E-state index >= 15 is 0 Å². The average molecular weight is 291 g/mol. The fourth-order valence-electron chi connectivity index (χ4n) is 1.13. The Morgan fingerprint density at radius 2 is 2.06 bits per heavy atom. The lowest BCUT2D eigenvalue weighted by atomic mass is 10.3. The van der Waals surface area contributed by atoms with Crippen molar-refractivity contribution in [1.82, 2.24) is 4.90 Å². The Bertz CT molecular complexity index is 466. The predicted octanol–water partition coefficient (Wildman–Crippen LogP) is 2.63. The van der Waals surface area contributed by atoms with Gasteiger partial charge < -0.3 is 15.0 Å². The molecule has 5 nitrogen and oxygen atoms in total. The van der Waals surface area contributed by atoms with Crippen molar-refractivity contribution in [2.45, 2.75) is 0 Å². The second-order valence-corrected chi connectivity index (χ2v) is 4.33. The molecular formula is C11H12Cl2N2O3. The molecule has 2 amide bonds. The van der Waals surface area contributed by atoms with Crippen LogP contribution in [0.4, 0.5) is 10.5 Å². The Labute approximate surface area is 115 Å². The van der Waals surface area contributed by atoms with Gasteiger partial charge in [-0.3, -0.25) is 4.79 Å². The first-order chi connectivity index (χ1) is 8.43. The topological polar surface area (TPSA) is 58.6 Å². The number of ether oxygens (including phenoxy) is 1. The molecule has 0 unspecified atom stereocenters. The summed E-state index contributed by atoms with van der Waals surface area (Å²) in [4.78, 5) is 23.9. The summed E-state index contributed by atoms with van der Waals surface area (Å²) in [5, 5.41) is 3.35. The van der Waals surface area contributed by atoms with Gasteiger partial charge in [0.1, 0.15) is 6.54 Å². The third-order valence-corrected chi connectivity index (χ3v) is 2.68. The van der Waals surface area contributed by atoms with Crippen LogP contribution < -0.4 is 5.32 Å². The number of halogens is 2. The van der Waals surface area contributed by atoms with Crippen molar-refractivity contribution in [2.24, 2.45) is 0 Å². The molecule has 7 heteroatoms. The van der Waals surface area contributed by atoms with Crippen LogP contribution in [0, 0.1) is 0 Å². The highest BCUT2D eigenvalue weighted by molar-refractivity contribution is 6.35. The zero-order valence-corrected chi connectivity index (χ0v) is 11.4. The van der Waals surface area contributed by atoms with E-state index in [-0.39, 0.29) is 6.54 Å². The second-order valence-electron chi connectivity index (χ2n) is 3.49. The van der Waals surface area contributed by atoms with E-state index in [4.69, 9.17) is 23.2 Å². The number of hydrogen-bond acceptors (Lipinski definition) is 3. The Kier molecular flexibility index (Phi) is 5.25. The first-order valence-corrected chi connectivity index (χ1v) is 5.73. The maximum Gasteiger partial charge on any atom is 0.325 e. The molecule has 0 aliphatic rings. The summed E-state index contributed by atoms with van der Waals surface area (Å²) in [5.41, 5.74) is 0.380. The average Bonchev–Trinajstić information content (AvgIpc) is 2.33. The molecule has 0 aromatic heterocycles. The number of hydrogen-bond donors (Lipinski definition) is 1. The molecular weight excluding hydrogens is 279 g/mol. The predicted molar refractivity (Wildman–Crippen MR) is 70.1 cm³/mol. The SMILES string of the molecule is COC(=O)CN(C)C(=O)Nc1cc(Cl)ccc1Cl. The number of carbonyl (C=O) groups excluding carboxylic acids is 2. The lowest BCUT2D eigenvalue weighted by Crippen LogP contribution is -2.36. The lowest BCUT2D eigenvalue weighted by Gasteiger charge is -2.17. The molecule has 1 N–H and O–H groups in total. The molecule has 0 aliphatic carbocycles. The van der Waals surface area contributed by atoms with Crippen molar-refractivity contribution in [2.75, 3.05) is 26.0 Å². The van der Waals surface area contributed by atoms with Crippen molar-refractivity contribution < 1.29 is 14.3 Å². The van der Waals surface area contributed by atoms with Crippen LogP contribution >= 0.6 is 23.2 Å². The van der Waals surface area contributed by atoms with Crippen LogP contribution in [-0.2, 0) is 9.53 Å². The van der Waals surface area contributed by atoms with Crippen molar-refractivity contribution in [1.29, 1.82) is 0 Å². The van der Waals surface area contributed by atoms with E-state index in [0.29, 0.717) is 15.7 Å². The Balaban J connectivity index is 2.69. The van der Waals surface area contributed by atoms with Crippen molar-refractivity contribution in [3.8, 4) is 0 Å². The molecule has 18 heavy (non-hydrogen) atoms.